The second-order valence-electron chi connectivity index (χ2n) is 13.5. The molecule has 6 atom stereocenters. The van der Waals surface area contributed by atoms with Gasteiger partial charge in [0, 0.05) is 41.8 Å². The highest BCUT2D eigenvalue weighted by Crippen LogP contribution is 2.60. The lowest BCUT2D eigenvalue weighted by Gasteiger charge is -2.58. The Hall–Kier alpha value is -2.01. The van der Waals surface area contributed by atoms with Gasteiger partial charge in [-0.2, -0.15) is 0 Å². The van der Waals surface area contributed by atoms with Crippen molar-refractivity contribution in [1.82, 2.24) is 14.8 Å². The van der Waals surface area contributed by atoms with Gasteiger partial charge in [0.1, 0.15) is 0 Å². The molecule has 1 unspecified atom stereocenters. The van der Waals surface area contributed by atoms with Crippen molar-refractivity contribution < 1.29 is 5.11 Å². The van der Waals surface area contributed by atoms with Crippen LogP contribution in [0.1, 0.15) is 82.6 Å². The average Bonchev–Trinajstić information content (AvgIpc) is 3.22. The van der Waals surface area contributed by atoms with E-state index in [1.165, 1.54) is 112 Å². The highest BCUT2D eigenvalue weighted by atomic mass is 16.3. The number of aromatic nitrogens is 1. The molecule has 0 saturated carbocycles. The molecule has 0 amide bonds. The molecule has 1 aromatic carbocycles. The molecule has 4 heteroatoms. The smallest absolute Gasteiger partial charge is 0.0994 e. The SMILES string of the molecule is O[C@]12C=C(Cc3cccc4cnccc34)[C@@H]3CCN(CCCCC=CCC1)C[C@@]31C[C@@H]3CCCCCCN3[C@H]12. The molecule has 3 fully saturated rings. The van der Waals surface area contributed by atoms with Crippen molar-refractivity contribution in [2.45, 2.75) is 101 Å². The Balaban J connectivity index is 1.35. The van der Waals surface area contributed by atoms with Crippen molar-refractivity contribution >= 4 is 10.8 Å². The van der Waals surface area contributed by atoms with Crippen molar-refractivity contribution in [3.05, 3.63) is 66.0 Å². The largest absolute Gasteiger partial charge is 0.384 e. The van der Waals surface area contributed by atoms with E-state index in [1.807, 2.05) is 12.4 Å². The minimum Gasteiger partial charge on any atom is -0.384 e. The fourth-order valence-corrected chi connectivity index (χ4v) is 9.63. The van der Waals surface area contributed by atoms with E-state index in [4.69, 9.17) is 0 Å². The van der Waals surface area contributed by atoms with E-state index in [0.29, 0.717) is 12.0 Å². The van der Waals surface area contributed by atoms with Gasteiger partial charge in [0.15, 0.2) is 0 Å². The van der Waals surface area contributed by atoms with Crippen LogP contribution in [0, 0.1) is 11.3 Å². The lowest BCUT2D eigenvalue weighted by Crippen LogP contribution is -2.66. The summed E-state index contributed by atoms with van der Waals surface area (Å²) in [5.41, 5.74) is 2.29. The number of pyridine rings is 1. The molecule has 7 rings (SSSR count). The number of hydrogen-bond donors (Lipinski definition) is 1. The van der Waals surface area contributed by atoms with Crippen LogP contribution in [0.15, 0.2) is 60.5 Å². The lowest BCUT2D eigenvalue weighted by atomic mass is 9.54. The average molecular weight is 526 g/mol. The van der Waals surface area contributed by atoms with Crippen LogP contribution in [0.3, 0.4) is 0 Å². The van der Waals surface area contributed by atoms with Crippen LogP contribution in [0.2, 0.25) is 0 Å². The van der Waals surface area contributed by atoms with E-state index in [2.05, 4.69) is 57.3 Å². The first kappa shape index (κ1) is 25.9. The molecule has 3 bridgehead atoms. The van der Waals surface area contributed by atoms with Gasteiger partial charge in [-0.1, -0.05) is 61.3 Å². The quantitative estimate of drug-likeness (QED) is 0.444. The molecule has 0 radical (unpaired) electrons. The summed E-state index contributed by atoms with van der Waals surface area (Å²) in [5.74, 6) is 0.560. The van der Waals surface area contributed by atoms with Gasteiger partial charge in [0.2, 0.25) is 0 Å². The van der Waals surface area contributed by atoms with Crippen LogP contribution in [0.5, 0.6) is 0 Å². The highest BCUT2D eigenvalue weighted by Gasteiger charge is 2.65. The predicted molar refractivity (Wildman–Crippen MR) is 160 cm³/mol. The van der Waals surface area contributed by atoms with Crippen LogP contribution in [-0.2, 0) is 6.42 Å². The molecule has 39 heavy (non-hydrogen) atoms. The van der Waals surface area contributed by atoms with Crippen LogP contribution < -0.4 is 0 Å². The zero-order valence-electron chi connectivity index (χ0n) is 23.7. The van der Waals surface area contributed by atoms with E-state index in [9.17, 15) is 5.11 Å². The fourth-order valence-electron chi connectivity index (χ4n) is 9.63. The molecular weight excluding hydrogens is 478 g/mol. The van der Waals surface area contributed by atoms with E-state index >= 15 is 0 Å². The molecule has 4 aliphatic heterocycles. The van der Waals surface area contributed by atoms with Gasteiger partial charge in [-0.3, -0.25) is 9.88 Å². The summed E-state index contributed by atoms with van der Waals surface area (Å²) < 4.78 is 0. The Labute approximate surface area is 235 Å². The van der Waals surface area contributed by atoms with E-state index in [1.54, 1.807) is 0 Å². The molecule has 5 heterocycles. The number of piperidine rings is 1. The Morgan fingerprint density at radius 2 is 1.82 bits per heavy atom. The third kappa shape index (κ3) is 4.71. The minimum absolute atomic E-state index is 0.149. The first-order chi connectivity index (χ1) is 19.2. The van der Waals surface area contributed by atoms with Gasteiger partial charge < -0.3 is 10.0 Å². The van der Waals surface area contributed by atoms with Crippen molar-refractivity contribution in [2.75, 3.05) is 26.2 Å². The van der Waals surface area contributed by atoms with Crippen molar-refractivity contribution in [1.29, 1.82) is 0 Å². The maximum atomic E-state index is 12.9. The minimum atomic E-state index is -0.771. The molecule has 1 aromatic heterocycles. The zero-order valence-corrected chi connectivity index (χ0v) is 23.7. The third-order valence-electron chi connectivity index (χ3n) is 11.1. The monoisotopic (exact) mass is 525 g/mol. The summed E-state index contributed by atoms with van der Waals surface area (Å²) in [5, 5.41) is 15.5. The van der Waals surface area contributed by atoms with Crippen LogP contribution in [-0.4, -0.2) is 63.8 Å². The Morgan fingerprint density at radius 1 is 0.923 bits per heavy atom. The second kappa shape index (κ2) is 10.8. The number of rotatable bonds is 2. The van der Waals surface area contributed by atoms with Gasteiger partial charge in [-0.25, -0.2) is 0 Å². The maximum Gasteiger partial charge on any atom is 0.0994 e. The number of benzene rings is 1. The zero-order chi connectivity index (χ0) is 26.3. The number of allylic oxidation sites excluding steroid dienone is 3. The first-order valence-corrected chi connectivity index (χ1v) is 16.1. The normalized spacial score (nSPS) is 37.5. The summed E-state index contributed by atoms with van der Waals surface area (Å²) in [6, 6.07) is 9.75. The lowest BCUT2D eigenvalue weighted by molar-refractivity contribution is -0.0983. The molecule has 1 spiro atoms. The Bertz CT molecular complexity index is 1230. The molecule has 1 aliphatic carbocycles. The number of hydrogen-bond acceptors (Lipinski definition) is 4. The molecule has 5 aliphatic rings. The summed E-state index contributed by atoms with van der Waals surface area (Å²) >= 11 is 0. The molecule has 4 nitrogen and oxygen atoms in total. The molecular formula is C35H47N3O. The molecule has 1 N–H and O–H groups in total. The standard InChI is InChI=1S/C35H47N3O/c39-35-17-8-4-1-2-5-9-19-37-21-16-32(29(23-35)22-27-12-11-13-28-25-36-18-15-31(27)28)34(26-37)24-30-14-7-3-6-10-20-38(30)33(34)35/h1,4,11-13,15,18,23,25,30,32-33,39H,2-3,5-10,14,16-17,19-22,24,26H2/t30-,32-,33+,34-,35-/m0/s1. The maximum absolute atomic E-state index is 12.9. The first-order valence-electron chi connectivity index (χ1n) is 16.1. The summed E-state index contributed by atoms with van der Waals surface area (Å²) in [7, 11) is 0. The van der Waals surface area contributed by atoms with Gasteiger partial charge in [0.05, 0.1) is 5.60 Å². The van der Waals surface area contributed by atoms with Gasteiger partial charge in [-0.15, -0.1) is 0 Å². The molecule has 2 aromatic rings. The number of aliphatic hydroxyl groups is 1. The summed E-state index contributed by atoms with van der Waals surface area (Å²) in [4.78, 5) is 10.1. The van der Waals surface area contributed by atoms with E-state index in [0.717, 1.165) is 19.3 Å². The Morgan fingerprint density at radius 3 is 2.79 bits per heavy atom. The van der Waals surface area contributed by atoms with Crippen molar-refractivity contribution in [3.63, 3.8) is 0 Å². The highest BCUT2D eigenvalue weighted by molar-refractivity contribution is 5.85. The van der Waals surface area contributed by atoms with Crippen LogP contribution in [0.25, 0.3) is 10.8 Å². The van der Waals surface area contributed by atoms with Crippen LogP contribution >= 0.6 is 0 Å². The second-order valence-corrected chi connectivity index (χ2v) is 13.5. The topological polar surface area (TPSA) is 39.6 Å². The van der Waals surface area contributed by atoms with Gasteiger partial charge in [0.25, 0.3) is 0 Å². The summed E-state index contributed by atoms with van der Waals surface area (Å²) in [6.45, 7) is 4.76. The molecule has 3 saturated heterocycles. The fraction of sp³-hybridized carbons (Fsp3) is 0.629. The number of nitrogens with zero attached hydrogens (tertiary/aromatic N) is 3. The van der Waals surface area contributed by atoms with E-state index < -0.39 is 5.60 Å². The summed E-state index contributed by atoms with van der Waals surface area (Å²) in [6.07, 6.45) is 26.8. The predicted octanol–water partition coefficient (Wildman–Crippen LogP) is 6.68. The third-order valence-corrected chi connectivity index (χ3v) is 11.1. The van der Waals surface area contributed by atoms with Gasteiger partial charge >= 0.3 is 0 Å². The molecule has 208 valence electrons. The Kier molecular flexibility index (Phi) is 7.15. The number of fused-ring (bicyclic) bond motifs is 3. The van der Waals surface area contributed by atoms with Crippen molar-refractivity contribution in [3.8, 4) is 0 Å². The van der Waals surface area contributed by atoms with Crippen LogP contribution in [0.4, 0.5) is 0 Å². The van der Waals surface area contributed by atoms with E-state index in [-0.39, 0.29) is 11.5 Å². The van der Waals surface area contributed by atoms with Gasteiger partial charge in [-0.05, 0) is 107 Å². The van der Waals surface area contributed by atoms with Crippen molar-refractivity contribution in [2.24, 2.45) is 11.3 Å².